The molecule has 2 rings (SSSR count). The van der Waals surface area contributed by atoms with Crippen LogP contribution in [0.25, 0.3) is 12.2 Å². The van der Waals surface area contributed by atoms with Crippen molar-refractivity contribution in [1.82, 2.24) is 0 Å². The Bertz CT molecular complexity index is 912. The number of rotatable bonds is 7. The lowest BCUT2D eigenvalue weighted by Gasteiger charge is -2.14. The highest BCUT2D eigenvalue weighted by atomic mass is 16.5. The lowest BCUT2D eigenvalue weighted by atomic mass is 10.00. The zero-order valence-corrected chi connectivity index (χ0v) is 16.9. The van der Waals surface area contributed by atoms with Gasteiger partial charge in [0.15, 0.2) is 11.5 Å². The first kappa shape index (κ1) is 21.2. The molecule has 2 aromatic carbocycles. The number of benzene rings is 2. The number of phenols is 3. The van der Waals surface area contributed by atoms with Crippen molar-refractivity contribution in [2.24, 2.45) is 0 Å². The van der Waals surface area contributed by atoms with E-state index in [9.17, 15) is 15.3 Å². The Morgan fingerprint density at radius 2 is 1.57 bits per heavy atom. The van der Waals surface area contributed by atoms with Gasteiger partial charge in [-0.3, -0.25) is 0 Å². The minimum Gasteiger partial charge on any atom is -0.508 e. The van der Waals surface area contributed by atoms with Crippen molar-refractivity contribution in [2.75, 3.05) is 6.61 Å². The van der Waals surface area contributed by atoms with E-state index in [-0.39, 0.29) is 17.2 Å². The van der Waals surface area contributed by atoms with Crippen LogP contribution in [-0.4, -0.2) is 21.9 Å². The van der Waals surface area contributed by atoms with Crippen LogP contribution in [0.3, 0.4) is 0 Å². The van der Waals surface area contributed by atoms with Crippen molar-refractivity contribution in [1.29, 1.82) is 0 Å². The summed E-state index contributed by atoms with van der Waals surface area (Å²) in [7, 11) is 0. The van der Waals surface area contributed by atoms with Crippen LogP contribution in [0, 0.1) is 0 Å². The number of hydrogen-bond acceptors (Lipinski definition) is 4. The number of ether oxygens (including phenoxy) is 1. The molecule has 0 bridgehead atoms. The molecule has 0 heterocycles. The first-order chi connectivity index (χ1) is 13.3. The predicted molar refractivity (Wildman–Crippen MR) is 115 cm³/mol. The highest BCUT2D eigenvalue weighted by Gasteiger charge is 2.10. The second kappa shape index (κ2) is 9.70. The van der Waals surface area contributed by atoms with Gasteiger partial charge in [-0.2, -0.15) is 0 Å². The molecule has 4 heteroatoms. The summed E-state index contributed by atoms with van der Waals surface area (Å²) in [5.74, 6) is 0.437. The van der Waals surface area contributed by atoms with Crippen molar-refractivity contribution < 1.29 is 20.1 Å². The molecule has 0 aliphatic carbocycles. The van der Waals surface area contributed by atoms with Crippen LogP contribution in [0.15, 0.2) is 53.6 Å². The van der Waals surface area contributed by atoms with Crippen molar-refractivity contribution in [2.45, 2.75) is 34.1 Å². The van der Waals surface area contributed by atoms with Crippen LogP contribution in [0.2, 0.25) is 0 Å². The first-order valence-electron chi connectivity index (χ1n) is 9.21. The van der Waals surface area contributed by atoms with Crippen LogP contribution in [0.1, 0.15) is 44.4 Å². The molecule has 0 fully saturated rings. The molecule has 0 aromatic heterocycles. The largest absolute Gasteiger partial charge is 0.508 e. The highest BCUT2D eigenvalue weighted by Crippen LogP contribution is 2.32. The van der Waals surface area contributed by atoms with Crippen molar-refractivity contribution >= 4 is 12.2 Å². The molecule has 4 nitrogen and oxygen atoms in total. The average Bonchev–Trinajstić information content (AvgIpc) is 2.61. The van der Waals surface area contributed by atoms with E-state index in [0.29, 0.717) is 18.8 Å². The van der Waals surface area contributed by atoms with E-state index >= 15 is 0 Å². The first-order valence-corrected chi connectivity index (χ1v) is 9.21. The fraction of sp³-hybridized carbons (Fsp3) is 0.250. The molecule has 148 valence electrons. The van der Waals surface area contributed by atoms with E-state index in [1.807, 2.05) is 45.9 Å². The third-order valence-corrected chi connectivity index (χ3v) is 4.13. The molecule has 3 N–H and O–H groups in total. The monoisotopic (exact) mass is 380 g/mol. The van der Waals surface area contributed by atoms with Crippen molar-refractivity contribution in [3.63, 3.8) is 0 Å². The van der Waals surface area contributed by atoms with E-state index in [4.69, 9.17) is 4.74 Å². The number of hydrogen-bond donors (Lipinski definition) is 3. The Balaban J connectivity index is 2.43. The van der Waals surface area contributed by atoms with Gasteiger partial charge in [0, 0.05) is 11.6 Å². The van der Waals surface area contributed by atoms with Crippen LogP contribution in [0.5, 0.6) is 23.0 Å². The summed E-state index contributed by atoms with van der Waals surface area (Å²) in [6, 6.07) is 7.96. The van der Waals surface area contributed by atoms with E-state index < -0.39 is 0 Å². The summed E-state index contributed by atoms with van der Waals surface area (Å²) in [6.07, 6.45) is 8.47. The molecule has 0 spiro atoms. The van der Waals surface area contributed by atoms with Gasteiger partial charge in [-0.1, -0.05) is 35.4 Å². The molecule has 0 aliphatic heterocycles. The Hall–Kier alpha value is -3.14. The minimum absolute atomic E-state index is 0.126. The fourth-order valence-corrected chi connectivity index (χ4v) is 2.58. The molecular formula is C24H28O4. The van der Waals surface area contributed by atoms with Crippen LogP contribution in [-0.2, 0) is 6.42 Å². The molecule has 0 amide bonds. The predicted octanol–water partition coefficient (Wildman–Crippen LogP) is 5.83. The average molecular weight is 380 g/mol. The summed E-state index contributed by atoms with van der Waals surface area (Å²) >= 11 is 0. The van der Waals surface area contributed by atoms with E-state index in [2.05, 4.69) is 6.08 Å². The van der Waals surface area contributed by atoms with Gasteiger partial charge in [0.05, 0.1) is 0 Å². The summed E-state index contributed by atoms with van der Waals surface area (Å²) in [6.45, 7) is 8.54. The lowest BCUT2D eigenvalue weighted by molar-refractivity contribution is 0.355. The Kier molecular flexibility index (Phi) is 7.33. The van der Waals surface area contributed by atoms with Gasteiger partial charge >= 0.3 is 0 Å². The maximum atomic E-state index is 10.2. The summed E-state index contributed by atoms with van der Waals surface area (Å²) < 4.78 is 5.92. The second-order valence-electron chi connectivity index (χ2n) is 7.17. The van der Waals surface area contributed by atoms with E-state index in [1.54, 1.807) is 18.2 Å². The molecule has 0 aliphatic rings. The van der Waals surface area contributed by atoms with Gasteiger partial charge < -0.3 is 20.1 Å². The molecule has 0 unspecified atom stereocenters. The molecule has 0 radical (unpaired) electrons. The smallest absolute Gasteiger partial charge is 0.157 e. The third kappa shape index (κ3) is 6.23. The topological polar surface area (TPSA) is 69.9 Å². The van der Waals surface area contributed by atoms with Gasteiger partial charge in [-0.05, 0) is 69.5 Å². The van der Waals surface area contributed by atoms with Gasteiger partial charge in [-0.25, -0.2) is 0 Å². The summed E-state index contributed by atoms with van der Waals surface area (Å²) in [5.41, 5.74) is 4.90. The molecule has 28 heavy (non-hydrogen) atoms. The Morgan fingerprint density at radius 3 is 2.21 bits per heavy atom. The van der Waals surface area contributed by atoms with E-state index in [1.165, 1.54) is 23.3 Å². The SMILES string of the molecule is CC(C)=CCOc1cc(O)cc(C=Cc2ccc(O)c(O)c2)c1CC=C(C)C. The van der Waals surface area contributed by atoms with Crippen molar-refractivity contribution in [3.05, 3.63) is 70.3 Å². The van der Waals surface area contributed by atoms with E-state index in [0.717, 1.165) is 16.7 Å². The van der Waals surface area contributed by atoms with Gasteiger partial charge in [-0.15, -0.1) is 0 Å². The lowest BCUT2D eigenvalue weighted by Crippen LogP contribution is -2.00. The summed E-state index contributed by atoms with van der Waals surface area (Å²) in [5, 5.41) is 29.3. The zero-order valence-electron chi connectivity index (χ0n) is 16.9. The van der Waals surface area contributed by atoms with Crippen LogP contribution in [0.4, 0.5) is 0 Å². The maximum Gasteiger partial charge on any atom is 0.157 e. The Morgan fingerprint density at radius 1 is 0.857 bits per heavy atom. The van der Waals surface area contributed by atoms with Crippen molar-refractivity contribution in [3.8, 4) is 23.0 Å². The number of phenolic OH excluding ortho intramolecular Hbond substituents is 3. The third-order valence-electron chi connectivity index (χ3n) is 4.13. The second-order valence-corrected chi connectivity index (χ2v) is 7.17. The standard InChI is InChI=1S/C24H28O4/c1-16(2)5-9-21-19(8-6-18-7-10-22(26)23(27)13-18)14-20(25)15-24(21)28-12-11-17(3)4/h5-8,10-11,13-15,25-27H,9,12H2,1-4H3. The molecule has 0 saturated heterocycles. The number of aromatic hydroxyl groups is 3. The fourth-order valence-electron chi connectivity index (χ4n) is 2.58. The normalized spacial score (nSPS) is 10.7. The summed E-state index contributed by atoms with van der Waals surface area (Å²) in [4.78, 5) is 0. The maximum absolute atomic E-state index is 10.2. The van der Waals surface area contributed by atoms with Crippen LogP contribution < -0.4 is 4.74 Å². The van der Waals surface area contributed by atoms with Gasteiger partial charge in [0.2, 0.25) is 0 Å². The van der Waals surface area contributed by atoms with Crippen LogP contribution >= 0.6 is 0 Å². The van der Waals surface area contributed by atoms with Gasteiger partial charge in [0.1, 0.15) is 18.1 Å². The zero-order chi connectivity index (χ0) is 20.7. The molecular weight excluding hydrogens is 352 g/mol. The number of allylic oxidation sites excluding steroid dienone is 3. The Labute approximate surface area is 166 Å². The molecule has 0 atom stereocenters. The molecule has 0 saturated carbocycles. The quantitative estimate of drug-likeness (QED) is 0.321. The highest BCUT2D eigenvalue weighted by molar-refractivity contribution is 5.74. The van der Waals surface area contributed by atoms with Gasteiger partial charge in [0.25, 0.3) is 0 Å². The molecule has 2 aromatic rings. The minimum atomic E-state index is -0.173.